The van der Waals surface area contributed by atoms with Gasteiger partial charge in [-0.2, -0.15) is 4.99 Å². The number of halogens is 2. The van der Waals surface area contributed by atoms with E-state index in [0.29, 0.717) is 10.9 Å². The second-order valence-electron chi connectivity index (χ2n) is 5.33. The number of carbonyl (C=O) groups excluding carboxylic acids is 1. The van der Waals surface area contributed by atoms with E-state index in [1.807, 2.05) is 0 Å². The van der Waals surface area contributed by atoms with Gasteiger partial charge in [-0.15, -0.1) is 0 Å². The van der Waals surface area contributed by atoms with Crippen LogP contribution in [0.4, 0.5) is 10.1 Å². The van der Waals surface area contributed by atoms with Gasteiger partial charge in [-0.3, -0.25) is 4.79 Å². The van der Waals surface area contributed by atoms with Crippen molar-refractivity contribution in [3.05, 3.63) is 69.3 Å². The third-order valence-corrected chi connectivity index (χ3v) is 5.06. The average molecular weight is 391 g/mol. The maximum Gasteiger partial charge on any atom is 0.337 e. The van der Waals surface area contributed by atoms with Gasteiger partial charge < -0.3 is 10.0 Å². The van der Waals surface area contributed by atoms with Gasteiger partial charge in [0.1, 0.15) is 5.82 Å². The molecular formula is C18H12ClFN2O3S. The maximum atomic E-state index is 13.9. The number of anilines is 1. The van der Waals surface area contributed by atoms with Crippen LogP contribution in [0.15, 0.2) is 52.4 Å². The molecule has 0 radical (unpaired) electrons. The van der Waals surface area contributed by atoms with E-state index in [0.717, 1.165) is 11.8 Å². The van der Waals surface area contributed by atoms with Crippen LogP contribution in [-0.2, 0) is 4.79 Å². The lowest BCUT2D eigenvalue weighted by molar-refractivity contribution is -0.113. The molecule has 8 heteroatoms. The second-order valence-corrected chi connectivity index (χ2v) is 6.74. The highest BCUT2D eigenvalue weighted by Gasteiger charge is 2.27. The van der Waals surface area contributed by atoms with Gasteiger partial charge in [-0.05, 0) is 42.1 Å². The number of rotatable bonds is 3. The molecule has 26 heavy (non-hydrogen) atoms. The summed E-state index contributed by atoms with van der Waals surface area (Å²) in [4.78, 5) is 29.2. The van der Waals surface area contributed by atoms with Crippen molar-refractivity contribution in [1.82, 2.24) is 0 Å². The molecule has 2 aromatic carbocycles. The zero-order valence-corrected chi connectivity index (χ0v) is 15.0. The summed E-state index contributed by atoms with van der Waals surface area (Å²) in [5.41, 5.74) is 0.583. The number of carbonyl (C=O) groups is 2. The van der Waals surface area contributed by atoms with Gasteiger partial charge in [0.05, 0.1) is 21.2 Å². The molecule has 1 heterocycles. The number of thioether (sulfide) groups is 1. The Hall–Kier alpha value is -2.64. The highest BCUT2D eigenvalue weighted by molar-refractivity contribution is 8.18. The molecule has 0 spiro atoms. The summed E-state index contributed by atoms with van der Waals surface area (Å²) >= 11 is 7.01. The summed E-state index contributed by atoms with van der Waals surface area (Å²) in [6.45, 7) is 0. The number of aromatic carboxylic acids is 1. The second kappa shape index (κ2) is 7.31. The van der Waals surface area contributed by atoms with Crippen LogP contribution in [0, 0.1) is 5.82 Å². The fourth-order valence-corrected chi connectivity index (χ4v) is 3.46. The quantitative estimate of drug-likeness (QED) is 0.792. The van der Waals surface area contributed by atoms with E-state index in [9.17, 15) is 19.1 Å². The van der Waals surface area contributed by atoms with Gasteiger partial charge in [0.15, 0.2) is 5.17 Å². The van der Waals surface area contributed by atoms with Crippen molar-refractivity contribution >= 4 is 52.2 Å². The molecule has 1 aliphatic rings. The smallest absolute Gasteiger partial charge is 0.337 e. The molecule has 0 aromatic heterocycles. The molecule has 132 valence electrons. The first-order valence-corrected chi connectivity index (χ1v) is 8.60. The molecule has 1 amide bonds. The lowest BCUT2D eigenvalue weighted by Gasteiger charge is -2.19. The predicted molar refractivity (Wildman–Crippen MR) is 101 cm³/mol. The Balaban J connectivity index is 1.91. The molecule has 5 nitrogen and oxygen atoms in total. The summed E-state index contributed by atoms with van der Waals surface area (Å²) in [6.07, 6.45) is 1.35. The summed E-state index contributed by atoms with van der Waals surface area (Å²) in [6, 6.07) is 10.6. The Bertz CT molecular complexity index is 954. The Morgan fingerprint density at radius 1 is 1.27 bits per heavy atom. The van der Waals surface area contributed by atoms with Crippen molar-refractivity contribution in [2.45, 2.75) is 0 Å². The summed E-state index contributed by atoms with van der Waals surface area (Å²) in [7, 11) is 1.61. The van der Waals surface area contributed by atoms with E-state index >= 15 is 0 Å². The number of amidine groups is 1. The van der Waals surface area contributed by atoms with E-state index in [2.05, 4.69) is 4.99 Å². The SMILES string of the molecule is CN(C1=NC(=O)/C(=C/c2c(F)cccc2Cl)S1)c1ccccc1C(=O)O. The third-order valence-electron chi connectivity index (χ3n) is 3.67. The Labute approximate surface area is 157 Å². The largest absolute Gasteiger partial charge is 0.478 e. The fourth-order valence-electron chi connectivity index (χ4n) is 2.37. The topological polar surface area (TPSA) is 70.0 Å². The number of carboxylic acids is 1. The molecule has 1 aliphatic heterocycles. The molecule has 0 aliphatic carbocycles. The third kappa shape index (κ3) is 3.49. The summed E-state index contributed by atoms with van der Waals surface area (Å²) in [5.74, 6) is -2.17. The number of aliphatic imine (C=N–C) groups is 1. The van der Waals surface area contributed by atoms with E-state index in [1.165, 1.54) is 35.2 Å². The lowest BCUT2D eigenvalue weighted by atomic mass is 10.1. The molecular weight excluding hydrogens is 379 g/mol. The van der Waals surface area contributed by atoms with Crippen molar-refractivity contribution in [3.63, 3.8) is 0 Å². The summed E-state index contributed by atoms with van der Waals surface area (Å²) in [5, 5.41) is 9.79. The number of hydrogen-bond acceptors (Lipinski definition) is 4. The predicted octanol–water partition coefficient (Wildman–Crippen LogP) is 4.28. The van der Waals surface area contributed by atoms with Crippen LogP contribution < -0.4 is 4.90 Å². The van der Waals surface area contributed by atoms with Gasteiger partial charge in [-0.25, -0.2) is 9.18 Å². The van der Waals surface area contributed by atoms with Crippen LogP contribution in [0.3, 0.4) is 0 Å². The van der Waals surface area contributed by atoms with E-state index in [-0.39, 0.29) is 21.1 Å². The number of nitrogens with zero attached hydrogens (tertiary/aromatic N) is 2. The fraction of sp³-hybridized carbons (Fsp3) is 0.0556. The van der Waals surface area contributed by atoms with Gasteiger partial charge >= 0.3 is 5.97 Å². The molecule has 0 fully saturated rings. The molecule has 0 bridgehead atoms. The molecule has 0 saturated carbocycles. The van der Waals surface area contributed by atoms with Gasteiger partial charge in [0, 0.05) is 12.6 Å². The highest BCUT2D eigenvalue weighted by atomic mass is 35.5. The monoisotopic (exact) mass is 390 g/mol. The van der Waals surface area contributed by atoms with Gasteiger partial charge in [0.2, 0.25) is 0 Å². The van der Waals surface area contributed by atoms with Crippen LogP contribution in [0.5, 0.6) is 0 Å². The van der Waals surface area contributed by atoms with Gasteiger partial charge in [-0.1, -0.05) is 29.8 Å². The molecule has 0 atom stereocenters. The highest BCUT2D eigenvalue weighted by Crippen LogP contribution is 2.34. The van der Waals surface area contributed by atoms with Crippen molar-refractivity contribution < 1.29 is 19.1 Å². The van der Waals surface area contributed by atoms with Crippen LogP contribution in [0.2, 0.25) is 5.02 Å². The maximum absolute atomic E-state index is 13.9. The molecule has 0 saturated heterocycles. The molecule has 2 aromatic rings. The van der Waals surface area contributed by atoms with Crippen molar-refractivity contribution in [3.8, 4) is 0 Å². The number of hydrogen-bond donors (Lipinski definition) is 1. The lowest BCUT2D eigenvalue weighted by Crippen LogP contribution is -2.24. The number of benzene rings is 2. The Morgan fingerprint density at radius 3 is 2.69 bits per heavy atom. The van der Waals surface area contributed by atoms with Crippen molar-refractivity contribution in [1.29, 1.82) is 0 Å². The normalized spacial score (nSPS) is 15.3. The molecule has 0 unspecified atom stereocenters. The van der Waals surface area contributed by atoms with E-state index in [1.54, 1.807) is 25.2 Å². The average Bonchev–Trinajstić information content (AvgIpc) is 2.98. The summed E-state index contributed by atoms with van der Waals surface area (Å²) < 4.78 is 13.9. The molecule has 1 N–H and O–H groups in total. The van der Waals surface area contributed by atoms with Crippen molar-refractivity contribution in [2.24, 2.45) is 4.99 Å². The van der Waals surface area contributed by atoms with Crippen molar-refractivity contribution in [2.75, 3.05) is 11.9 Å². The minimum Gasteiger partial charge on any atom is -0.478 e. The van der Waals surface area contributed by atoms with Crippen LogP contribution >= 0.6 is 23.4 Å². The van der Waals surface area contributed by atoms with Gasteiger partial charge in [0.25, 0.3) is 5.91 Å². The van der Waals surface area contributed by atoms with E-state index in [4.69, 9.17) is 11.6 Å². The van der Waals surface area contributed by atoms with Crippen LogP contribution in [0.1, 0.15) is 15.9 Å². The standard InChI is InChI=1S/C18H12ClFN2O3S/c1-22(14-8-3-2-5-10(14)17(24)25)18-21-16(23)15(26-18)9-11-12(19)6-4-7-13(11)20/h2-9H,1H3,(H,24,25)/b15-9-. The number of para-hydroxylation sites is 1. The first kappa shape index (κ1) is 18.2. The zero-order chi connectivity index (χ0) is 18.8. The Kier molecular flexibility index (Phi) is 5.11. The number of carboxylic acid groups (broad SMARTS) is 1. The minimum absolute atomic E-state index is 0.0836. The Morgan fingerprint density at radius 2 is 2.00 bits per heavy atom. The molecule has 3 rings (SSSR count). The minimum atomic E-state index is -1.09. The first-order chi connectivity index (χ1) is 12.4. The van der Waals surface area contributed by atoms with Crippen LogP contribution in [-0.4, -0.2) is 29.2 Å². The van der Waals surface area contributed by atoms with Crippen LogP contribution in [0.25, 0.3) is 6.08 Å². The zero-order valence-electron chi connectivity index (χ0n) is 13.4. The first-order valence-electron chi connectivity index (χ1n) is 7.41. The number of amides is 1. The van der Waals surface area contributed by atoms with E-state index < -0.39 is 17.7 Å².